The monoisotopic (exact) mass is 320 g/mol. The van der Waals surface area contributed by atoms with Crippen LogP contribution in [0.2, 0.25) is 0 Å². The lowest BCUT2D eigenvalue weighted by molar-refractivity contribution is 0.249. The van der Waals surface area contributed by atoms with E-state index in [1.54, 1.807) is 6.07 Å². The zero-order valence-electron chi connectivity index (χ0n) is 14.0. The lowest BCUT2D eigenvalue weighted by Gasteiger charge is -2.27. The van der Waals surface area contributed by atoms with Crippen molar-refractivity contribution in [1.82, 2.24) is 9.88 Å². The van der Waals surface area contributed by atoms with E-state index in [0.717, 1.165) is 31.6 Å². The molecule has 0 aliphatic carbocycles. The van der Waals surface area contributed by atoms with Crippen LogP contribution in [-0.4, -0.2) is 28.1 Å². The Morgan fingerprint density at radius 2 is 1.92 bits per heavy atom. The number of phenolic OH excluding ortho intramolecular Hbond substituents is 1. The predicted octanol–water partition coefficient (Wildman–Crippen LogP) is 4.25. The van der Waals surface area contributed by atoms with E-state index in [0.29, 0.717) is 5.75 Å². The van der Waals surface area contributed by atoms with Gasteiger partial charge in [0.05, 0.1) is 0 Å². The molecule has 2 heterocycles. The molecule has 4 rings (SSSR count). The van der Waals surface area contributed by atoms with Crippen molar-refractivity contribution in [3.63, 3.8) is 0 Å². The molecule has 1 aromatic heterocycles. The number of hydrogen-bond donors (Lipinski definition) is 2. The van der Waals surface area contributed by atoms with Gasteiger partial charge in [-0.15, -0.1) is 0 Å². The molecule has 1 aliphatic heterocycles. The predicted molar refractivity (Wildman–Crippen MR) is 98.3 cm³/mol. The third-order valence-electron chi connectivity index (χ3n) is 5.07. The lowest BCUT2D eigenvalue weighted by Crippen LogP contribution is -2.31. The Morgan fingerprint density at radius 1 is 1.04 bits per heavy atom. The summed E-state index contributed by atoms with van der Waals surface area (Å²) in [4.78, 5) is 6.06. The number of hydrogen-bond acceptors (Lipinski definition) is 2. The number of nitrogens with zero attached hydrogens (tertiary/aromatic N) is 1. The summed E-state index contributed by atoms with van der Waals surface area (Å²) in [7, 11) is 0. The quantitative estimate of drug-likeness (QED) is 0.690. The topological polar surface area (TPSA) is 39.3 Å². The van der Waals surface area contributed by atoms with Crippen molar-refractivity contribution in [1.29, 1.82) is 0 Å². The first-order valence-corrected chi connectivity index (χ1v) is 8.88. The van der Waals surface area contributed by atoms with Crippen molar-refractivity contribution in [2.75, 3.05) is 13.1 Å². The fourth-order valence-corrected chi connectivity index (χ4v) is 3.76. The average molecular weight is 320 g/mol. The number of phenols is 1. The summed E-state index contributed by atoms with van der Waals surface area (Å²) in [5.41, 5.74) is 5.29. The van der Waals surface area contributed by atoms with Gasteiger partial charge in [-0.3, -0.25) is 4.90 Å². The zero-order chi connectivity index (χ0) is 16.4. The maximum atomic E-state index is 9.77. The van der Waals surface area contributed by atoms with Gasteiger partial charge in [0.2, 0.25) is 0 Å². The van der Waals surface area contributed by atoms with E-state index >= 15 is 0 Å². The van der Waals surface area contributed by atoms with Gasteiger partial charge < -0.3 is 10.1 Å². The molecule has 0 atom stereocenters. The molecular formula is C21H24N2O. The van der Waals surface area contributed by atoms with Gasteiger partial charge in [0.25, 0.3) is 0 Å². The Labute approximate surface area is 142 Å². The summed E-state index contributed by atoms with van der Waals surface area (Å²) >= 11 is 0. The highest BCUT2D eigenvalue weighted by Crippen LogP contribution is 2.30. The molecule has 0 saturated carbocycles. The molecule has 0 spiro atoms. The van der Waals surface area contributed by atoms with Crippen LogP contribution in [0, 0.1) is 0 Å². The largest absolute Gasteiger partial charge is 0.508 e. The molecule has 24 heavy (non-hydrogen) atoms. The number of unbranched alkanes of at least 4 members (excludes halogenated alkanes) is 1. The second-order valence-electron chi connectivity index (χ2n) is 6.78. The molecule has 124 valence electrons. The summed E-state index contributed by atoms with van der Waals surface area (Å²) in [5.74, 6) is 0.351. The van der Waals surface area contributed by atoms with Crippen LogP contribution < -0.4 is 0 Å². The number of H-pyrrole nitrogens is 1. The average Bonchev–Trinajstić information content (AvgIpc) is 2.97. The first-order chi connectivity index (χ1) is 11.8. The Balaban J connectivity index is 1.36. The van der Waals surface area contributed by atoms with Crippen LogP contribution in [0.4, 0.5) is 0 Å². The molecule has 2 aromatic carbocycles. The smallest absolute Gasteiger partial charge is 0.116 e. The van der Waals surface area contributed by atoms with E-state index < -0.39 is 0 Å². The van der Waals surface area contributed by atoms with E-state index in [1.165, 1.54) is 41.5 Å². The van der Waals surface area contributed by atoms with Crippen LogP contribution >= 0.6 is 0 Å². The van der Waals surface area contributed by atoms with Gasteiger partial charge >= 0.3 is 0 Å². The van der Waals surface area contributed by atoms with Gasteiger partial charge in [-0.05, 0) is 55.1 Å². The third kappa shape index (κ3) is 3.17. The standard InChI is InChI=1S/C21H24N2O/c24-17-9-10-20-18(14-17)19-15-23(13-11-21(19)22-20)12-5-4-8-16-6-2-1-3-7-16/h1-3,6-7,9-10,14,22,24H,4-5,8,11-13,15H2. The van der Waals surface area contributed by atoms with Crippen LogP contribution in [-0.2, 0) is 19.4 Å². The summed E-state index contributed by atoms with van der Waals surface area (Å²) in [6.07, 6.45) is 4.71. The van der Waals surface area contributed by atoms with E-state index in [-0.39, 0.29) is 0 Å². The summed E-state index contributed by atoms with van der Waals surface area (Å²) in [5, 5.41) is 10.9. The zero-order valence-corrected chi connectivity index (χ0v) is 14.0. The summed E-state index contributed by atoms with van der Waals surface area (Å²) < 4.78 is 0. The van der Waals surface area contributed by atoms with Gasteiger partial charge in [-0.25, -0.2) is 0 Å². The maximum absolute atomic E-state index is 9.77. The number of aromatic amines is 1. The SMILES string of the molecule is Oc1ccc2[nH]c3c(c2c1)CN(CCCCc1ccccc1)CC3. The number of benzene rings is 2. The lowest BCUT2D eigenvalue weighted by atomic mass is 10.0. The highest BCUT2D eigenvalue weighted by Gasteiger charge is 2.20. The normalized spacial score (nSPS) is 14.8. The first-order valence-electron chi connectivity index (χ1n) is 8.88. The van der Waals surface area contributed by atoms with Gasteiger partial charge in [-0.2, -0.15) is 0 Å². The van der Waals surface area contributed by atoms with Gasteiger partial charge in [0, 0.05) is 36.1 Å². The van der Waals surface area contributed by atoms with Crippen LogP contribution in [0.1, 0.15) is 29.7 Å². The second-order valence-corrected chi connectivity index (χ2v) is 6.78. The molecule has 0 unspecified atom stereocenters. The fourth-order valence-electron chi connectivity index (χ4n) is 3.76. The minimum atomic E-state index is 0.351. The number of aromatic hydroxyl groups is 1. The molecule has 2 N–H and O–H groups in total. The second kappa shape index (κ2) is 6.70. The molecule has 3 nitrogen and oxygen atoms in total. The molecule has 0 fully saturated rings. The van der Waals surface area contributed by atoms with Crippen molar-refractivity contribution < 1.29 is 5.11 Å². The van der Waals surface area contributed by atoms with E-state index in [1.807, 2.05) is 12.1 Å². The van der Waals surface area contributed by atoms with Gasteiger partial charge in [0.15, 0.2) is 0 Å². The third-order valence-corrected chi connectivity index (χ3v) is 5.07. The number of fused-ring (bicyclic) bond motifs is 3. The van der Waals surface area contributed by atoms with Crippen LogP contribution in [0.5, 0.6) is 5.75 Å². The molecule has 0 bridgehead atoms. The van der Waals surface area contributed by atoms with E-state index in [4.69, 9.17) is 0 Å². The van der Waals surface area contributed by atoms with Gasteiger partial charge in [0.1, 0.15) is 5.75 Å². The number of aromatic nitrogens is 1. The Bertz CT molecular complexity index is 822. The number of aryl methyl sites for hydroxylation is 1. The minimum Gasteiger partial charge on any atom is -0.508 e. The maximum Gasteiger partial charge on any atom is 0.116 e. The highest BCUT2D eigenvalue weighted by atomic mass is 16.3. The first kappa shape index (κ1) is 15.3. The number of nitrogens with one attached hydrogen (secondary N) is 1. The minimum absolute atomic E-state index is 0.351. The fraction of sp³-hybridized carbons (Fsp3) is 0.333. The Hall–Kier alpha value is -2.26. The summed E-state index contributed by atoms with van der Waals surface area (Å²) in [6.45, 7) is 3.26. The Kier molecular flexibility index (Phi) is 4.26. The van der Waals surface area contributed by atoms with Crippen molar-refractivity contribution in [2.45, 2.75) is 32.2 Å². The van der Waals surface area contributed by atoms with Crippen molar-refractivity contribution in [2.24, 2.45) is 0 Å². The molecule has 0 amide bonds. The van der Waals surface area contributed by atoms with E-state index in [9.17, 15) is 5.11 Å². The van der Waals surface area contributed by atoms with Gasteiger partial charge in [-0.1, -0.05) is 30.3 Å². The van der Waals surface area contributed by atoms with Crippen LogP contribution in [0.25, 0.3) is 10.9 Å². The van der Waals surface area contributed by atoms with Crippen molar-refractivity contribution >= 4 is 10.9 Å². The Morgan fingerprint density at radius 3 is 2.79 bits per heavy atom. The highest BCUT2D eigenvalue weighted by molar-refractivity contribution is 5.86. The summed E-state index contributed by atoms with van der Waals surface area (Å²) in [6, 6.07) is 16.4. The van der Waals surface area contributed by atoms with Crippen LogP contribution in [0.3, 0.4) is 0 Å². The molecule has 0 saturated heterocycles. The van der Waals surface area contributed by atoms with Crippen molar-refractivity contribution in [3.05, 3.63) is 65.4 Å². The van der Waals surface area contributed by atoms with Crippen molar-refractivity contribution in [3.8, 4) is 5.75 Å². The molecule has 0 radical (unpaired) electrons. The molecule has 3 aromatic rings. The molecule has 1 aliphatic rings. The molecule has 3 heteroatoms. The van der Waals surface area contributed by atoms with E-state index in [2.05, 4.69) is 40.2 Å². The van der Waals surface area contributed by atoms with Crippen LogP contribution in [0.15, 0.2) is 48.5 Å². The number of rotatable bonds is 5. The molecular weight excluding hydrogens is 296 g/mol.